The molecule has 1 heterocycles. The van der Waals surface area contributed by atoms with Gasteiger partial charge in [0, 0.05) is 6.04 Å². The molecule has 0 spiro atoms. The molecule has 4 nitrogen and oxygen atoms in total. The molecule has 2 atom stereocenters. The fourth-order valence-corrected chi connectivity index (χ4v) is 0.854. The number of hydrogen-bond acceptors (Lipinski definition) is 2. The van der Waals surface area contributed by atoms with Crippen molar-refractivity contribution in [2.24, 2.45) is 5.92 Å². The van der Waals surface area contributed by atoms with E-state index in [-0.39, 0.29) is 11.9 Å². The molecule has 4 heteroatoms. The number of carbonyl (C=O) groups is 2. The Morgan fingerprint density at radius 2 is 2.33 bits per heavy atom. The van der Waals surface area contributed by atoms with Gasteiger partial charge < -0.3 is 10.4 Å². The summed E-state index contributed by atoms with van der Waals surface area (Å²) in [5.74, 6) is -2.23. The first kappa shape index (κ1) is 6.07. The van der Waals surface area contributed by atoms with E-state index in [4.69, 9.17) is 5.11 Å². The van der Waals surface area contributed by atoms with E-state index in [0.29, 0.717) is 0 Å². The summed E-state index contributed by atoms with van der Waals surface area (Å²) in [6.07, 6.45) is 0. The van der Waals surface area contributed by atoms with Crippen molar-refractivity contribution in [2.45, 2.75) is 13.0 Å². The van der Waals surface area contributed by atoms with Crippen molar-refractivity contribution in [1.29, 1.82) is 0 Å². The van der Waals surface area contributed by atoms with Crippen LogP contribution >= 0.6 is 0 Å². The summed E-state index contributed by atoms with van der Waals surface area (Å²) in [6, 6.07) is -0.199. The van der Waals surface area contributed by atoms with E-state index in [1.54, 1.807) is 6.92 Å². The van der Waals surface area contributed by atoms with Gasteiger partial charge in [0.2, 0.25) is 5.91 Å². The van der Waals surface area contributed by atoms with E-state index in [9.17, 15) is 9.59 Å². The summed E-state index contributed by atoms with van der Waals surface area (Å²) in [7, 11) is 0. The monoisotopic (exact) mass is 129 g/mol. The minimum atomic E-state index is -1.04. The van der Waals surface area contributed by atoms with E-state index in [1.807, 2.05) is 0 Å². The van der Waals surface area contributed by atoms with Crippen LogP contribution in [0.2, 0.25) is 0 Å². The lowest BCUT2D eigenvalue weighted by Gasteiger charge is -2.30. The van der Waals surface area contributed by atoms with Gasteiger partial charge in [0.1, 0.15) is 0 Å². The quantitative estimate of drug-likeness (QED) is 0.360. The van der Waals surface area contributed by atoms with Gasteiger partial charge in [-0.3, -0.25) is 9.59 Å². The Hall–Kier alpha value is -1.06. The minimum absolute atomic E-state index is 0.199. The Labute approximate surface area is 51.9 Å². The molecule has 0 aliphatic carbocycles. The van der Waals surface area contributed by atoms with Crippen molar-refractivity contribution in [3.63, 3.8) is 0 Å². The molecule has 2 unspecified atom stereocenters. The van der Waals surface area contributed by atoms with Gasteiger partial charge >= 0.3 is 5.97 Å². The second kappa shape index (κ2) is 1.72. The van der Waals surface area contributed by atoms with E-state index < -0.39 is 11.9 Å². The molecule has 0 aromatic heterocycles. The van der Waals surface area contributed by atoms with Gasteiger partial charge in [0.05, 0.1) is 0 Å². The number of carboxylic acids is 1. The minimum Gasteiger partial charge on any atom is -0.481 e. The third-order valence-electron chi connectivity index (χ3n) is 1.42. The molecular weight excluding hydrogens is 122 g/mol. The molecule has 50 valence electrons. The van der Waals surface area contributed by atoms with Crippen LogP contribution in [0.25, 0.3) is 0 Å². The predicted molar refractivity (Wildman–Crippen MR) is 28.7 cm³/mol. The number of aliphatic carboxylic acids is 1. The molecule has 1 aliphatic heterocycles. The molecule has 1 aliphatic rings. The number of nitrogens with one attached hydrogen (secondary N) is 1. The maximum Gasteiger partial charge on any atom is 0.318 e. The summed E-state index contributed by atoms with van der Waals surface area (Å²) in [4.78, 5) is 20.5. The van der Waals surface area contributed by atoms with E-state index in [1.165, 1.54) is 0 Å². The highest BCUT2D eigenvalue weighted by molar-refractivity contribution is 6.02. The summed E-state index contributed by atoms with van der Waals surface area (Å²) in [6.45, 7) is 1.67. The first-order valence-electron chi connectivity index (χ1n) is 2.66. The molecule has 0 radical (unpaired) electrons. The number of rotatable bonds is 1. The Morgan fingerprint density at radius 1 is 1.78 bits per heavy atom. The average molecular weight is 129 g/mol. The molecule has 0 aromatic carbocycles. The van der Waals surface area contributed by atoms with Crippen molar-refractivity contribution in [3.05, 3.63) is 0 Å². The van der Waals surface area contributed by atoms with Crippen molar-refractivity contribution in [2.75, 3.05) is 0 Å². The van der Waals surface area contributed by atoms with E-state index in [0.717, 1.165) is 0 Å². The Kier molecular flexibility index (Phi) is 1.16. The smallest absolute Gasteiger partial charge is 0.318 e. The molecule has 0 saturated carbocycles. The molecule has 1 saturated heterocycles. The standard InChI is InChI=1S/C5H7NO3/c1-2-3(5(8)9)4(7)6-2/h2-3H,1H3,(H,6,7)(H,8,9). The van der Waals surface area contributed by atoms with Crippen LogP contribution in [0.5, 0.6) is 0 Å². The van der Waals surface area contributed by atoms with Crippen LogP contribution in [0.3, 0.4) is 0 Å². The van der Waals surface area contributed by atoms with Crippen molar-refractivity contribution >= 4 is 11.9 Å². The molecule has 1 fully saturated rings. The van der Waals surface area contributed by atoms with E-state index in [2.05, 4.69) is 5.32 Å². The third kappa shape index (κ3) is 0.759. The van der Waals surface area contributed by atoms with Gasteiger partial charge in [-0.2, -0.15) is 0 Å². The summed E-state index contributed by atoms with van der Waals surface area (Å²) in [5.41, 5.74) is 0. The average Bonchev–Trinajstić information content (AvgIpc) is 1.62. The van der Waals surface area contributed by atoms with Gasteiger partial charge in [0.25, 0.3) is 0 Å². The Balaban J connectivity index is 2.59. The summed E-state index contributed by atoms with van der Waals surface area (Å²) < 4.78 is 0. The summed E-state index contributed by atoms with van der Waals surface area (Å²) >= 11 is 0. The number of hydrogen-bond donors (Lipinski definition) is 2. The molecule has 2 N–H and O–H groups in total. The van der Waals surface area contributed by atoms with Crippen LogP contribution in [-0.2, 0) is 9.59 Å². The molecule has 0 bridgehead atoms. The van der Waals surface area contributed by atoms with Crippen LogP contribution < -0.4 is 5.32 Å². The topological polar surface area (TPSA) is 66.4 Å². The number of amides is 1. The fraction of sp³-hybridized carbons (Fsp3) is 0.600. The third-order valence-corrected chi connectivity index (χ3v) is 1.42. The second-order valence-corrected chi connectivity index (χ2v) is 2.11. The fourth-order valence-electron chi connectivity index (χ4n) is 0.854. The van der Waals surface area contributed by atoms with Gasteiger partial charge in [0.15, 0.2) is 5.92 Å². The second-order valence-electron chi connectivity index (χ2n) is 2.11. The largest absolute Gasteiger partial charge is 0.481 e. The highest BCUT2D eigenvalue weighted by Gasteiger charge is 2.41. The van der Waals surface area contributed by atoms with Crippen LogP contribution in [-0.4, -0.2) is 23.0 Å². The maximum atomic E-state index is 10.4. The SMILES string of the molecule is CC1NC(=O)C1C(=O)O. The van der Waals surface area contributed by atoms with Crippen LogP contribution in [0.15, 0.2) is 0 Å². The number of carbonyl (C=O) groups excluding carboxylic acids is 1. The van der Waals surface area contributed by atoms with Crippen molar-refractivity contribution < 1.29 is 14.7 Å². The molecule has 0 aromatic rings. The molecule has 9 heavy (non-hydrogen) atoms. The lowest BCUT2D eigenvalue weighted by Crippen LogP contribution is -2.59. The highest BCUT2D eigenvalue weighted by Crippen LogP contribution is 2.13. The van der Waals surface area contributed by atoms with E-state index >= 15 is 0 Å². The van der Waals surface area contributed by atoms with Gasteiger partial charge in [-0.25, -0.2) is 0 Å². The molecular formula is C5H7NO3. The zero-order valence-electron chi connectivity index (χ0n) is 4.92. The van der Waals surface area contributed by atoms with Crippen LogP contribution in [0.1, 0.15) is 6.92 Å². The molecule has 1 rings (SSSR count). The van der Waals surface area contributed by atoms with Crippen molar-refractivity contribution in [3.8, 4) is 0 Å². The highest BCUT2D eigenvalue weighted by atomic mass is 16.4. The maximum absolute atomic E-state index is 10.4. The number of β-lactam (4-membered cyclic amide) rings is 1. The van der Waals surface area contributed by atoms with Gasteiger partial charge in [-0.05, 0) is 6.92 Å². The predicted octanol–water partition coefficient (Wildman–Crippen LogP) is -0.794. The lowest BCUT2D eigenvalue weighted by molar-refractivity contribution is -0.154. The zero-order valence-corrected chi connectivity index (χ0v) is 4.92. The van der Waals surface area contributed by atoms with Gasteiger partial charge in [-0.15, -0.1) is 0 Å². The van der Waals surface area contributed by atoms with Crippen molar-refractivity contribution in [1.82, 2.24) is 5.32 Å². The zero-order chi connectivity index (χ0) is 7.02. The lowest BCUT2D eigenvalue weighted by atomic mass is 9.92. The first-order valence-corrected chi connectivity index (χ1v) is 2.66. The Bertz CT molecular complexity index is 158. The Morgan fingerprint density at radius 3 is 2.44 bits per heavy atom. The summed E-state index contributed by atoms with van der Waals surface area (Å²) in [5, 5.41) is 10.7. The van der Waals surface area contributed by atoms with Crippen LogP contribution in [0, 0.1) is 5.92 Å². The normalized spacial score (nSPS) is 32.8. The number of carboxylic acid groups (broad SMARTS) is 1. The van der Waals surface area contributed by atoms with Crippen LogP contribution in [0.4, 0.5) is 0 Å². The van der Waals surface area contributed by atoms with Gasteiger partial charge in [-0.1, -0.05) is 0 Å². The first-order chi connectivity index (χ1) is 4.13. The molecule has 1 amide bonds.